The number of nitrogens with one attached hydrogen (secondary N) is 1. The van der Waals surface area contributed by atoms with Crippen molar-refractivity contribution in [3.8, 4) is 0 Å². The van der Waals surface area contributed by atoms with Crippen molar-refractivity contribution < 1.29 is 4.79 Å². The number of thioether (sulfide) groups is 1. The van der Waals surface area contributed by atoms with E-state index in [1.54, 1.807) is 18.2 Å². The van der Waals surface area contributed by atoms with E-state index in [2.05, 4.69) is 5.32 Å². The molecular weight excluding hydrogens is 327 g/mol. The Balaban J connectivity index is 1.95. The molecule has 2 aromatic carbocycles. The van der Waals surface area contributed by atoms with E-state index < -0.39 is 0 Å². The Labute approximate surface area is 137 Å². The van der Waals surface area contributed by atoms with Gasteiger partial charge in [0.2, 0.25) is 5.91 Å². The molecule has 0 spiro atoms. The van der Waals surface area contributed by atoms with Crippen molar-refractivity contribution in [3.63, 3.8) is 0 Å². The lowest BCUT2D eigenvalue weighted by Gasteiger charge is -2.08. The molecule has 0 atom stereocenters. The van der Waals surface area contributed by atoms with Gasteiger partial charge in [-0.05, 0) is 42.8 Å². The molecule has 0 aliphatic carbocycles. The van der Waals surface area contributed by atoms with E-state index in [0.717, 1.165) is 10.5 Å². The zero-order valence-corrected chi connectivity index (χ0v) is 13.6. The van der Waals surface area contributed by atoms with Gasteiger partial charge < -0.3 is 11.1 Å². The standard InChI is InChI=1S/C15H14Cl2N2OS/c1-9-2-5-13(18)14(6-9)21-8-15(20)19-10-3-4-11(16)12(17)7-10/h2-7H,8,18H2,1H3,(H,19,20). The number of hydrogen-bond donors (Lipinski definition) is 2. The van der Waals surface area contributed by atoms with E-state index in [4.69, 9.17) is 28.9 Å². The maximum Gasteiger partial charge on any atom is 0.234 e. The van der Waals surface area contributed by atoms with Gasteiger partial charge in [0, 0.05) is 16.3 Å². The van der Waals surface area contributed by atoms with Gasteiger partial charge in [-0.15, -0.1) is 11.8 Å². The van der Waals surface area contributed by atoms with Gasteiger partial charge >= 0.3 is 0 Å². The van der Waals surface area contributed by atoms with Gasteiger partial charge in [-0.3, -0.25) is 4.79 Å². The van der Waals surface area contributed by atoms with E-state index in [1.165, 1.54) is 11.8 Å². The fraction of sp³-hybridized carbons (Fsp3) is 0.133. The van der Waals surface area contributed by atoms with Crippen LogP contribution in [-0.4, -0.2) is 11.7 Å². The summed E-state index contributed by atoms with van der Waals surface area (Å²) in [6, 6.07) is 10.7. The number of carbonyl (C=O) groups is 1. The molecule has 110 valence electrons. The smallest absolute Gasteiger partial charge is 0.234 e. The summed E-state index contributed by atoms with van der Waals surface area (Å²) in [5, 5.41) is 3.63. The second-order valence-corrected chi connectivity index (χ2v) is 6.34. The minimum Gasteiger partial charge on any atom is -0.398 e. The fourth-order valence-corrected chi connectivity index (χ4v) is 2.84. The third-order valence-corrected chi connectivity index (χ3v) is 4.54. The van der Waals surface area contributed by atoms with Crippen LogP contribution in [0, 0.1) is 6.92 Å². The van der Waals surface area contributed by atoms with Gasteiger partial charge in [-0.1, -0.05) is 29.3 Å². The van der Waals surface area contributed by atoms with Crippen molar-refractivity contribution >= 4 is 52.2 Å². The monoisotopic (exact) mass is 340 g/mol. The molecule has 0 bridgehead atoms. The molecule has 0 fully saturated rings. The third kappa shape index (κ3) is 4.56. The van der Waals surface area contributed by atoms with E-state index in [9.17, 15) is 4.79 Å². The van der Waals surface area contributed by atoms with Crippen LogP contribution in [0.15, 0.2) is 41.3 Å². The number of nitrogen functional groups attached to an aromatic ring is 1. The molecule has 0 heterocycles. The molecule has 0 aliphatic rings. The largest absolute Gasteiger partial charge is 0.398 e. The molecule has 21 heavy (non-hydrogen) atoms. The Hall–Kier alpha value is -1.36. The van der Waals surface area contributed by atoms with E-state index in [0.29, 0.717) is 21.4 Å². The topological polar surface area (TPSA) is 55.1 Å². The Bertz CT molecular complexity index is 677. The number of halogens is 2. The van der Waals surface area contributed by atoms with Gasteiger partial charge in [-0.2, -0.15) is 0 Å². The molecule has 1 amide bonds. The molecule has 2 rings (SSSR count). The molecule has 3 N–H and O–H groups in total. The van der Waals surface area contributed by atoms with Gasteiger partial charge in [-0.25, -0.2) is 0 Å². The molecule has 6 heteroatoms. The zero-order valence-electron chi connectivity index (χ0n) is 11.3. The average molecular weight is 341 g/mol. The van der Waals surface area contributed by atoms with Crippen LogP contribution in [0.2, 0.25) is 10.0 Å². The number of nitrogens with two attached hydrogens (primary N) is 1. The fourth-order valence-electron chi connectivity index (χ4n) is 1.68. The summed E-state index contributed by atoms with van der Waals surface area (Å²) in [6.07, 6.45) is 0. The summed E-state index contributed by atoms with van der Waals surface area (Å²) >= 11 is 13.1. The number of benzene rings is 2. The first-order chi connectivity index (χ1) is 9.95. The summed E-state index contributed by atoms with van der Waals surface area (Å²) in [4.78, 5) is 12.8. The predicted octanol–water partition coefficient (Wildman–Crippen LogP) is 4.61. The van der Waals surface area contributed by atoms with Crippen LogP contribution in [0.1, 0.15) is 5.56 Å². The highest BCUT2D eigenvalue weighted by atomic mass is 35.5. The lowest BCUT2D eigenvalue weighted by molar-refractivity contribution is -0.113. The van der Waals surface area contributed by atoms with Crippen LogP contribution in [-0.2, 0) is 4.79 Å². The lowest BCUT2D eigenvalue weighted by Crippen LogP contribution is -2.14. The molecular formula is C15H14Cl2N2OS. The molecule has 2 aromatic rings. The average Bonchev–Trinajstić information content (AvgIpc) is 2.44. The van der Waals surface area contributed by atoms with Crippen molar-refractivity contribution in [2.24, 2.45) is 0 Å². The normalized spacial score (nSPS) is 10.4. The zero-order chi connectivity index (χ0) is 15.4. The summed E-state index contributed by atoms with van der Waals surface area (Å²) in [5.41, 5.74) is 8.28. The molecule has 0 radical (unpaired) electrons. The van der Waals surface area contributed by atoms with Gasteiger partial charge in [0.25, 0.3) is 0 Å². The maximum atomic E-state index is 11.9. The van der Waals surface area contributed by atoms with E-state index >= 15 is 0 Å². The highest BCUT2D eigenvalue weighted by Crippen LogP contribution is 2.27. The first kappa shape index (κ1) is 16.0. The predicted molar refractivity (Wildman–Crippen MR) is 91.4 cm³/mol. The Kier molecular flexibility index (Phi) is 5.39. The maximum absolute atomic E-state index is 11.9. The number of hydrogen-bond acceptors (Lipinski definition) is 3. The van der Waals surface area contributed by atoms with Gasteiger partial charge in [0.15, 0.2) is 0 Å². The first-order valence-electron chi connectivity index (χ1n) is 6.19. The molecule has 0 aromatic heterocycles. The summed E-state index contributed by atoms with van der Waals surface area (Å²) < 4.78 is 0. The van der Waals surface area contributed by atoms with Gasteiger partial charge in [0.05, 0.1) is 15.8 Å². The molecule has 0 aliphatic heterocycles. The van der Waals surface area contributed by atoms with Crippen LogP contribution < -0.4 is 11.1 Å². The highest BCUT2D eigenvalue weighted by molar-refractivity contribution is 8.00. The lowest BCUT2D eigenvalue weighted by atomic mass is 10.2. The van der Waals surface area contributed by atoms with Crippen molar-refractivity contribution in [1.82, 2.24) is 0 Å². The minimum absolute atomic E-state index is 0.126. The van der Waals surface area contributed by atoms with Crippen molar-refractivity contribution in [1.29, 1.82) is 0 Å². The molecule has 0 unspecified atom stereocenters. The Morgan fingerprint density at radius 2 is 1.95 bits per heavy atom. The number of rotatable bonds is 4. The van der Waals surface area contributed by atoms with Crippen LogP contribution in [0.3, 0.4) is 0 Å². The number of amides is 1. The molecule has 3 nitrogen and oxygen atoms in total. The SMILES string of the molecule is Cc1ccc(N)c(SCC(=O)Nc2ccc(Cl)c(Cl)c2)c1. The Morgan fingerprint density at radius 1 is 1.19 bits per heavy atom. The summed E-state index contributed by atoms with van der Waals surface area (Å²) in [7, 11) is 0. The quantitative estimate of drug-likeness (QED) is 0.630. The van der Waals surface area contributed by atoms with Crippen molar-refractivity contribution in [2.45, 2.75) is 11.8 Å². The van der Waals surface area contributed by atoms with Crippen LogP contribution >= 0.6 is 35.0 Å². The third-order valence-electron chi connectivity index (χ3n) is 2.73. The first-order valence-corrected chi connectivity index (χ1v) is 7.93. The summed E-state index contributed by atoms with van der Waals surface area (Å²) in [6.45, 7) is 1.99. The van der Waals surface area contributed by atoms with Gasteiger partial charge in [0.1, 0.15) is 0 Å². The number of carbonyl (C=O) groups excluding carboxylic acids is 1. The number of anilines is 2. The number of aryl methyl sites for hydroxylation is 1. The van der Waals surface area contributed by atoms with Crippen molar-refractivity contribution in [3.05, 3.63) is 52.0 Å². The Morgan fingerprint density at radius 3 is 2.67 bits per heavy atom. The van der Waals surface area contributed by atoms with Crippen LogP contribution in [0.4, 0.5) is 11.4 Å². The highest BCUT2D eigenvalue weighted by Gasteiger charge is 2.07. The van der Waals surface area contributed by atoms with Crippen LogP contribution in [0.5, 0.6) is 0 Å². The van der Waals surface area contributed by atoms with E-state index in [-0.39, 0.29) is 11.7 Å². The second-order valence-electron chi connectivity index (χ2n) is 4.51. The molecule has 0 saturated heterocycles. The minimum atomic E-state index is -0.126. The van der Waals surface area contributed by atoms with E-state index in [1.807, 2.05) is 25.1 Å². The van der Waals surface area contributed by atoms with Crippen LogP contribution in [0.25, 0.3) is 0 Å². The molecule has 0 saturated carbocycles. The van der Waals surface area contributed by atoms with Crippen molar-refractivity contribution in [2.75, 3.05) is 16.8 Å². The second kappa shape index (κ2) is 7.07. The summed E-state index contributed by atoms with van der Waals surface area (Å²) in [5.74, 6) is 0.146.